The molecule has 0 atom stereocenters. The van der Waals surface area contributed by atoms with Gasteiger partial charge < -0.3 is 10.2 Å². The molecule has 0 aliphatic rings. The van der Waals surface area contributed by atoms with Gasteiger partial charge in [-0.3, -0.25) is 20.1 Å². The van der Waals surface area contributed by atoms with E-state index in [1.165, 1.54) is 5.56 Å². The predicted molar refractivity (Wildman–Crippen MR) is 72.4 cm³/mol. The Morgan fingerprint density at radius 3 is 1.32 bits per heavy atom. The maximum Gasteiger partial charge on any atom is 0.300 e. The SMILES string of the molecule is CC(=O)O.CC(=O)O.CC(C)c1ccccc1.OO. The molecule has 1 aromatic carbocycles. The molecule has 6 heteroatoms. The van der Waals surface area contributed by atoms with Crippen LogP contribution in [-0.4, -0.2) is 32.7 Å². The van der Waals surface area contributed by atoms with E-state index in [-0.39, 0.29) is 0 Å². The van der Waals surface area contributed by atoms with Crippen LogP contribution in [0.5, 0.6) is 0 Å². The van der Waals surface area contributed by atoms with Crippen molar-refractivity contribution in [2.45, 2.75) is 33.6 Å². The zero-order valence-corrected chi connectivity index (χ0v) is 11.6. The van der Waals surface area contributed by atoms with Crippen molar-refractivity contribution in [1.29, 1.82) is 0 Å². The summed E-state index contributed by atoms with van der Waals surface area (Å²) in [4.78, 5) is 18.0. The first kappa shape index (κ1) is 22.3. The molecule has 4 N–H and O–H groups in total. The number of hydrogen-bond donors (Lipinski definition) is 4. The van der Waals surface area contributed by atoms with Crippen molar-refractivity contribution in [2.75, 3.05) is 0 Å². The zero-order valence-electron chi connectivity index (χ0n) is 11.6. The molecule has 0 unspecified atom stereocenters. The van der Waals surface area contributed by atoms with E-state index >= 15 is 0 Å². The molecule has 6 nitrogen and oxygen atoms in total. The Bertz CT molecular complexity index is 301. The molecule has 0 radical (unpaired) electrons. The minimum atomic E-state index is -0.833. The van der Waals surface area contributed by atoms with Crippen LogP contribution in [0.2, 0.25) is 0 Å². The average molecular weight is 274 g/mol. The summed E-state index contributed by atoms with van der Waals surface area (Å²) in [6.45, 7) is 6.57. The smallest absolute Gasteiger partial charge is 0.300 e. The molecule has 0 spiro atoms. The summed E-state index contributed by atoms with van der Waals surface area (Å²) < 4.78 is 0. The summed E-state index contributed by atoms with van der Waals surface area (Å²) in [5.74, 6) is -1.01. The number of benzene rings is 1. The van der Waals surface area contributed by atoms with Crippen molar-refractivity contribution in [2.24, 2.45) is 0 Å². The molecule has 0 aliphatic carbocycles. The Hall–Kier alpha value is -1.92. The second-order valence-electron chi connectivity index (χ2n) is 3.60. The lowest BCUT2D eigenvalue weighted by atomic mass is 10.0. The van der Waals surface area contributed by atoms with Crippen LogP contribution in [0.4, 0.5) is 0 Å². The van der Waals surface area contributed by atoms with Crippen molar-refractivity contribution in [3.05, 3.63) is 35.9 Å². The maximum atomic E-state index is 9.00. The minimum absolute atomic E-state index is 0.659. The third-order valence-corrected chi connectivity index (χ3v) is 1.47. The molecule has 0 amide bonds. The van der Waals surface area contributed by atoms with Gasteiger partial charge in [-0.1, -0.05) is 44.2 Å². The first-order valence-corrected chi connectivity index (χ1v) is 5.41. The van der Waals surface area contributed by atoms with Gasteiger partial charge in [-0.15, -0.1) is 0 Å². The molecule has 1 aromatic rings. The van der Waals surface area contributed by atoms with Gasteiger partial charge in [0.25, 0.3) is 11.9 Å². The fourth-order valence-electron chi connectivity index (χ4n) is 0.838. The van der Waals surface area contributed by atoms with Crippen molar-refractivity contribution in [1.82, 2.24) is 0 Å². The monoisotopic (exact) mass is 274 g/mol. The van der Waals surface area contributed by atoms with Crippen molar-refractivity contribution >= 4 is 11.9 Å². The first-order chi connectivity index (χ1) is 8.77. The van der Waals surface area contributed by atoms with Crippen LogP contribution >= 0.6 is 0 Å². The molecule has 1 rings (SSSR count). The van der Waals surface area contributed by atoms with E-state index in [0.717, 1.165) is 13.8 Å². The van der Waals surface area contributed by atoms with Crippen LogP contribution in [0.15, 0.2) is 30.3 Å². The van der Waals surface area contributed by atoms with Gasteiger partial charge in [0.2, 0.25) is 0 Å². The van der Waals surface area contributed by atoms with Crippen molar-refractivity contribution in [3.8, 4) is 0 Å². The number of carboxylic acid groups (broad SMARTS) is 2. The maximum absolute atomic E-state index is 9.00. The Morgan fingerprint density at radius 1 is 0.895 bits per heavy atom. The Morgan fingerprint density at radius 2 is 1.16 bits per heavy atom. The van der Waals surface area contributed by atoms with Crippen LogP contribution in [0.25, 0.3) is 0 Å². The highest BCUT2D eigenvalue weighted by Gasteiger charge is 1.93. The molecule has 0 fully saturated rings. The van der Waals surface area contributed by atoms with E-state index < -0.39 is 11.9 Å². The number of carboxylic acids is 2. The molecular weight excluding hydrogens is 252 g/mol. The van der Waals surface area contributed by atoms with Gasteiger partial charge in [0.15, 0.2) is 0 Å². The predicted octanol–water partition coefficient (Wildman–Crippen LogP) is 3.01. The first-order valence-electron chi connectivity index (χ1n) is 5.41. The number of rotatable bonds is 1. The average Bonchev–Trinajstić information content (AvgIpc) is 2.31. The second kappa shape index (κ2) is 16.1. The van der Waals surface area contributed by atoms with Gasteiger partial charge >= 0.3 is 0 Å². The summed E-state index contributed by atoms with van der Waals surface area (Å²) in [6, 6.07) is 10.5. The van der Waals surface area contributed by atoms with E-state index in [2.05, 4.69) is 38.1 Å². The topological polar surface area (TPSA) is 115 Å². The molecule has 0 saturated carbocycles. The fraction of sp³-hybridized carbons (Fsp3) is 0.385. The van der Waals surface area contributed by atoms with Crippen molar-refractivity contribution in [3.63, 3.8) is 0 Å². The Labute approximate surface area is 112 Å². The van der Waals surface area contributed by atoms with E-state index in [0.29, 0.717) is 5.92 Å². The molecule has 19 heavy (non-hydrogen) atoms. The molecule has 0 aliphatic heterocycles. The largest absolute Gasteiger partial charge is 0.481 e. The summed E-state index contributed by atoms with van der Waals surface area (Å²) in [5, 5.41) is 26.8. The zero-order chi connectivity index (χ0) is 15.8. The normalized spacial score (nSPS) is 7.74. The van der Waals surface area contributed by atoms with Gasteiger partial charge in [-0.05, 0) is 11.5 Å². The van der Waals surface area contributed by atoms with Gasteiger partial charge in [0.05, 0.1) is 0 Å². The van der Waals surface area contributed by atoms with Gasteiger partial charge in [-0.2, -0.15) is 0 Å². The summed E-state index contributed by atoms with van der Waals surface area (Å²) in [7, 11) is 0. The lowest BCUT2D eigenvalue weighted by Gasteiger charge is -2.01. The standard InChI is InChI=1S/C9H12.2C2H4O2.H2O2/c1-8(2)9-6-4-3-5-7-9;2*1-2(3)4;1-2/h3-8H,1-2H3;2*1H3,(H,3,4);1-2H. The van der Waals surface area contributed by atoms with Crippen LogP contribution in [0.1, 0.15) is 39.2 Å². The molecule has 0 saturated heterocycles. The van der Waals surface area contributed by atoms with Crippen molar-refractivity contribution < 1.29 is 30.3 Å². The Balaban J connectivity index is -0.000000217. The molecular formula is C13H22O6. The second-order valence-corrected chi connectivity index (χ2v) is 3.60. The van der Waals surface area contributed by atoms with Crippen LogP contribution in [0, 0.1) is 0 Å². The lowest BCUT2D eigenvalue weighted by molar-refractivity contribution is -0.176. The molecule has 0 aromatic heterocycles. The van der Waals surface area contributed by atoms with E-state index in [9.17, 15) is 0 Å². The highest BCUT2D eigenvalue weighted by atomic mass is 17.0. The van der Waals surface area contributed by atoms with Gasteiger partial charge in [0.1, 0.15) is 0 Å². The van der Waals surface area contributed by atoms with E-state index in [1.54, 1.807) is 0 Å². The minimum Gasteiger partial charge on any atom is -0.481 e. The Kier molecular flexibility index (Phi) is 18.9. The highest BCUT2D eigenvalue weighted by molar-refractivity contribution is 5.63. The third kappa shape index (κ3) is 31.4. The lowest BCUT2D eigenvalue weighted by Crippen LogP contribution is -1.83. The number of carbonyl (C=O) groups is 2. The summed E-state index contributed by atoms with van der Waals surface area (Å²) >= 11 is 0. The van der Waals surface area contributed by atoms with E-state index in [1.807, 2.05) is 6.07 Å². The third-order valence-electron chi connectivity index (χ3n) is 1.47. The van der Waals surface area contributed by atoms with Gasteiger partial charge in [0, 0.05) is 13.8 Å². The fourth-order valence-corrected chi connectivity index (χ4v) is 0.838. The summed E-state index contributed by atoms with van der Waals surface area (Å²) in [6.07, 6.45) is 0. The molecule has 0 bridgehead atoms. The highest BCUT2D eigenvalue weighted by Crippen LogP contribution is 2.11. The summed E-state index contributed by atoms with van der Waals surface area (Å²) in [5.41, 5.74) is 1.41. The van der Waals surface area contributed by atoms with Crippen LogP contribution < -0.4 is 0 Å². The van der Waals surface area contributed by atoms with Crippen LogP contribution in [0.3, 0.4) is 0 Å². The van der Waals surface area contributed by atoms with E-state index in [4.69, 9.17) is 30.3 Å². The van der Waals surface area contributed by atoms with Crippen LogP contribution in [-0.2, 0) is 9.59 Å². The van der Waals surface area contributed by atoms with Gasteiger partial charge in [-0.25, -0.2) is 0 Å². The quantitative estimate of drug-likeness (QED) is 0.462. The number of aliphatic carboxylic acids is 2. The molecule has 110 valence electrons. The number of hydrogen-bond acceptors (Lipinski definition) is 4. The molecule has 0 heterocycles.